The molecule has 0 amide bonds. The summed E-state index contributed by atoms with van der Waals surface area (Å²) < 4.78 is 32.5. The van der Waals surface area contributed by atoms with Crippen LogP contribution < -0.4 is 14.4 Å². The van der Waals surface area contributed by atoms with Crippen molar-refractivity contribution < 1.29 is 23.4 Å². The van der Waals surface area contributed by atoms with E-state index in [9.17, 15) is 9.18 Å². The molecule has 3 heterocycles. The maximum Gasteiger partial charge on any atom is 0.351 e. The monoisotopic (exact) mass is 498 g/mol. The first-order valence-corrected chi connectivity index (χ1v) is 11.9. The van der Waals surface area contributed by atoms with E-state index in [2.05, 4.69) is 9.97 Å². The molecule has 35 heavy (non-hydrogen) atoms. The van der Waals surface area contributed by atoms with E-state index in [0.29, 0.717) is 53.1 Å². The van der Waals surface area contributed by atoms with Crippen LogP contribution >= 0.6 is 11.3 Å². The molecule has 4 rings (SSSR count). The Hall–Kier alpha value is -3.66. The normalized spacial score (nSPS) is 11.0. The molecule has 10 heteroatoms. The topological polar surface area (TPSA) is 78.7 Å². The molecule has 4 aromatic rings. The number of aromatic nitrogens is 3. The molecule has 0 atom stereocenters. The number of hydrogen-bond acceptors (Lipinski definition) is 8. The molecule has 0 saturated carbocycles. The predicted octanol–water partition coefficient (Wildman–Crippen LogP) is 4.94. The second-order valence-corrected chi connectivity index (χ2v) is 8.91. The molecular weight excluding hydrogens is 471 g/mol. The van der Waals surface area contributed by atoms with Crippen molar-refractivity contribution in [3.05, 3.63) is 53.0 Å². The van der Waals surface area contributed by atoms with Crippen molar-refractivity contribution in [3.63, 3.8) is 0 Å². The van der Waals surface area contributed by atoms with Crippen LogP contribution in [0, 0.1) is 12.7 Å². The molecule has 0 radical (unpaired) electrons. The average Bonchev–Trinajstić information content (AvgIpc) is 3.44. The summed E-state index contributed by atoms with van der Waals surface area (Å²) in [5.41, 5.74) is 2.13. The summed E-state index contributed by atoms with van der Waals surface area (Å²) >= 11 is 1.26. The van der Waals surface area contributed by atoms with Crippen LogP contribution in [0.2, 0.25) is 0 Å². The summed E-state index contributed by atoms with van der Waals surface area (Å²) in [5, 5.41) is 0.751. The van der Waals surface area contributed by atoms with E-state index < -0.39 is 5.97 Å². The molecule has 0 N–H and O–H groups in total. The molecule has 1 aromatic carbocycles. The van der Waals surface area contributed by atoms with Crippen molar-refractivity contribution in [2.45, 2.75) is 20.4 Å². The number of esters is 1. The lowest BCUT2D eigenvalue weighted by atomic mass is 10.2. The lowest BCUT2D eigenvalue weighted by Crippen LogP contribution is -2.24. The van der Waals surface area contributed by atoms with Crippen LogP contribution in [0.4, 0.5) is 10.2 Å². The number of hydrogen-bond donors (Lipinski definition) is 0. The van der Waals surface area contributed by atoms with E-state index in [0.717, 1.165) is 16.0 Å². The van der Waals surface area contributed by atoms with Crippen molar-refractivity contribution >= 4 is 34.0 Å². The Labute approximate surface area is 206 Å². The van der Waals surface area contributed by atoms with Crippen LogP contribution in [0.25, 0.3) is 21.5 Å². The van der Waals surface area contributed by atoms with Gasteiger partial charge in [-0.15, -0.1) is 11.3 Å². The number of carbonyl (C=O) groups excluding carboxylic acids is 1. The average molecular weight is 499 g/mol. The minimum absolute atomic E-state index is 0.287. The van der Waals surface area contributed by atoms with Crippen LogP contribution in [0.3, 0.4) is 0 Å². The number of fused-ring (bicyclic) bond motifs is 1. The van der Waals surface area contributed by atoms with Crippen LogP contribution in [-0.4, -0.2) is 54.9 Å². The first-order valence-electron chi connectivity index (χ1n) is 11.1. The summed E-state index contributed by atoms with van der Waals surface area (Å²) in [6.45, 7) is 5.37. The summed E-state index contributed by atoms with van der Waals surface area (Å²) in [6, 6.07) is 8.65. The Kier molecular flexibility index (Phi) is 7.20. The zero-order valence-electron chi connectivity index (χ0n) is 20.3. The summed E-state index contributed by atoms with van der Waals surface area (Å²) in [6.07, 6.45) is 1.49. The van der Waals surface area contributed by atoms with Gasteiger partial charge >= 0.3 is 5.97 Å². The highest BCUT2D eigenvalue weighted by atomic mass is 32.1. The van der Waals surface area contributed by atoms with E-state index in [1.54, 1.807) is 19.2 Å². The number of ether oxygens (including phenoxy) is 3. The number of likely N-dealkylation sites (N-methyl/N-ethyl adjacent to an activating group) is 1. The van der Waals surface area contributed by atoms with Gasteiger partial charge in [-0.2, -0.15) is 0 Å². The maximum atomic E-state index is 14.7. The largest absolute Gasteiger partial charge is 0.496 e. The first-order chi connectivity index (χ1) is 16.9. The zero-order chi connectivity index (χ0) is 25.1. The van der Waals surface area contributed by atoms with E-state index >= 15 is 0 Å². The van der Waals surface area contributed by atoms with E-state index in [-0.39, 0.29) is 5.82 Å². The first kappa shape index (κ1) is 24.5. The molecule has 0 aliphatic rings. The van der Waals surface area contributed by atoms with Gasteiger partial charge in [0.2, 0.25) is 0 Å². The van der Waals surface area contributed by atoms with Gasteiger partial charge in [0.15, 0.2) is 4.88 Å². The highest BCUT2D eigenvalue weighted by Gasteiger charge is 2.20. The van der Waals surface area contributed by atoms with Crippen LogP contribution in [0.1, 0.15) is 22.3 Å². The number of anilines is 1. The number of rotatable bonds is 9. The number of methoxy groups -OCH3 is 2. The highest BCUT2D eigenvalue weighted by molar-refractivity contribution is 7.17. The third-order valence-electron chi connectivity index (χ3n) is 5.72. The third kappa shape index (κ3) is 4.79. The molecule has 0 unspecified atom stereocenters. The standard InChI is InChI=1S/C25H27FN4O4S/c1-6-34-20-13-21(35-24(20)25(31)33-5)18-12-22(28-14-27-18)29(3)9-10-30-15(2)11-16-19(32-4)8-7-17(26)23(16)30/h7-8,11-14H,6,9-10H2,1-5H3. The van der Waals surface area contributed by atoms with Crippen LogP contribution in [-0.2, 0) is 11.3 Å². The molecule has 0 bridgehead atoms. The van der Waals surface area contributed by atoms with Gasteiger partial charge < -0.3 is 23.7 Å². The van der Waals surface area contributed by atoms with Gasteiger partial charge in [0.05, 0.1) is 36.9 Å². The Bertz CT molecular complexity index is 1370. The molecule has 0 spiro atoms. The fourth-order valence-electron chi connectivity index (χ4n) is 3.96. The van der Waals surface area contributed by atoms with Gasteiger partial charge in [-0.25, -0.2) is 19.2 Å². The van der Waals surface area contributed by atoms with Crippen molar-refractivity contribution in [1.82, 2.24) is 14.5 Å². The number of carbonyl (C=O) groups is 1. The maximum absolute atomic E-state index is 14.7. The fourth-order valence-corrected chi connectivity index (χ4v) is 4.95. The molecular formula is C25H27FN4O4S. The smallest absolute Gasteiger partial charge is 0.351 e. The molecule has 0 aliphatic carbocycles. The van der Waals surface area contributed by atoms with Gasteiger partial charge in [-0.1, -0.05) is 0 Å². The van der Waals surface area contributed by atoms with Crippen molar-refractivity contribution in [2.24, 2.45) is 0 Å². The van der Waals surface area contributed by atoms with Gasteiger partial charge in [0, 0.05) is 43.4 Å². The zero-order valence-corrected chi connectivity index (χ0v) is 21.1. The molecule has 0 fully saturated rings. The van der Waals surface area contributed by atoms with Crippen LogP contribution in [0.5, 0.6) is 11.5 Å². The SMILES string of the molecule is CCOc1cc(-c2cc(N(C)CCn3c(C)cc4c(OC)ccc(F)c43)ncn2)sc1C(=O)OC. The third-order valence-corrected chi connectivity index (χ3v) is 6.84. The van der Waals surface area contributed by atoms with E-state index in [1.807, 2.05) is 42.5 Å². The highest BCUT2D eigenvalue weighted by Crippen LogP contribution is 2.37. The molecule has 3 aromatic heterocycles. The van der Waals surface area contributed by atoms with Gasteiger partial charge in [0.25, 0.3) is 0 Å². The predicted molar refractivity (Wildman–Crippen MR) is 134 cm³/mol. The van der Waals surface area contributed by atoms with Crippen molar-refractivity contribution in [3.8, 4) is 22.1 Å². The second-order valence-electron chi connectivity index (χ2n) is 7.86. The number of benzene rings is 1. The van der Waals surface area contributed by atoms with Crippen molar-refractivity contribution in [2.75, 3.05) is 39.3 Å². The van der Waals surface area contributed by atoms with Gasteiger partial charge in [-0.3, -0.25) is 0 Å². The molecule has 0 aliphatic heterocycles. The number of nitrogens with zero attached hydrogens (tertiary/aromatic N) is 4. The van der Waals surface area contributed by atoms with Gasteiger partial charge in [0.1, 0.15) is 29.5 Å². The fraction of sp³-hybridized carbons (Fsp3) is 0.320. The Balaban J connectivity index is 1.58. The van der Waals surface area contributed by atoms with E-state index in [4.69, 9.17) is 14.2 Å². The minimum atomic E-state index is -0.450. The summed E-state index contributed by atoms with van der Waals surface area (Å²) in [5.74, 6) is 1.08. The molecule has 0 saturated heterocycles. The quantitative estimate of drug-likeness (QED) is 0.303. The lowest BCUT2D eigenvalue weighted by molar-refractivity contribution is 0.0602. The van der Waals surface area contributed by atoms with Crippen molar-refractivity contribution in [1.29, 1.82) is 0 Å². The Morgan fingerprint density at radius 3 is 2.69 bits per heavy atom. The summed E-state index contributed by atoms with van der Waals surface area (Å²) in [4.78, 5) is 24.1. The Morgan fingerprint density at radius 1 is 1.17 bits per heavy atom. The molecule has 184 valence electrons. The minimum Gasteiger partial charge on any atom is -0.496 e. The summed E-state index contributed by atoms with van der Waals surface area (Å²) in [7, 11) is 4.84. The lowest BCUT2D eigenvalue weighted by Gasteiger charge is -2.20. The number of thiophene rings is 1. The number of aryl methyl sites for hydroxylation is 1. The molecule has 8 nitrogen and oxygen atoms in total. The second kappa shape index (κ2) is 10.3. The number of halogens is 1. The van der Waals surface area contributed by atoms with E-state index in [1.165, 1.54) is 30.8 Å². The van der Waals surface area contributed by atoms with Gasteiger partial charge in [-0.05, 0) is 32.0 Å². The Morgan fingerprint density at radius 2 is 1.97 bits per heavy atom. The van der Waals surface area contributed by atoms with Crippen LogP contribution in [0.15, 0.2) is 36.7 Å².